The lowest BCUT2D eigenvalue weighted by Crippen LogP contribution is -2.01. The molecule has 0 amide bonds. The van der Waals surface area contributed by atoms with Crippen LogP contribution >= 0.6 is 39.1 Å². The standard InChI is InChI=1S/C12H10BrCl2N3/c1-6-11(15)16-7(2)17-12(6)18-8-3-4-9(13)10(14)5-8/h3-5H,1-2H3,(H,16,17,18). The van der Waals surface area contributed by atoms with Gasteiger partial charge in [0.25, 0.3) is 0 Å². The fraction of sp³-hybridized carbons (Fsp3) is 0.167. The minimum atomic E-state index is 0.452. The molecule has 3 nitrogen and oxygen atoms in total. The van der Waals surface area contributed by atoms with E-state index in [2.05, 4.69) is 31.2 Å². The Morgan fingerprint density at radius 1 is 1.17 bits per heavy atom. The molecule has 0 saturated carbocycles. The van der Waals surface area contributed by atoms with E-state index in [1.807, 2.05) is 25.1 Å². The Labute approximate surface area is 124 Å². The van der Waals surface area contributed by atoms with Crippen LogP contribution in [0.5, 0.6) is 0 Å². The summed E-state index contributed by atoms with van der Waals surface area (Å²) in [6.07, 6.45) is 0. The highest BCUT2D eigenvalue weighted by atomic mass is 79.9. The number of hydrogen-bond donors (Lipinski definition) is 1. The van der Waals surface area contributed by atoms with E-state index in [1.165, 1.54) is 0 Å². The van der Waals surface area contributed by atoms with Crippen molar-refractivity contribution in [1.29, 1.82) is 0 Å². The maximum absolute atomic E-state index is 6.04. The molecule has 0 aliphatic rings. The Hall–Kier alpha value is -0.840. The molecule has 94 valence electrons. The quantitative estimate of drug-likeness (QED) is 0.785. The average molecular weight is 347 g/mol. The maximum atomic E-state index is 6.04. The third-order valence-electron chi connectivity index (χ3n) is 2.38. The zero-order valence-corrected chi connectivity index (χ0v) is 12.9. The largest absolute Gasteiger partial charge is 0.340 e. The highest BCUT2D eigenvalue weighted by Crippen LogP contribution is 2.28. The zero-order chi connectivity index (χ0) is 13.3. The first-order valence-corrected chi connectivity index (χ1v) is 6.75. The molecule has 1 heterocycles. The summed E-state index contributed by atoms with van der Waals surface area (Å²) >= 11 is 15.4. The number of halogens is 3. The smallest absolute Gasteiger partial charge is 0.138 e. The summed E-state index contributed by atoms with van der Waals surface area (Å²) in [6.45, 7) is 3.66. The van der Waals surface area contributed by atoms with Crippen LogP contribution in [0.25, 0.3) is 0 Å². The maximum Gasteiger partial charge on any atom is 0.138 e. The molecule has 1 aromatic carbocycles. The third kappa shape index (κ3) is 2.94. The van der Waals surface area contributed by atoms with E-state index in [0.717, 1.165) is 15.7 Å². The van der Waals surface area contributed by atoms with Crippen LogP contribution in [0.15, 0.2) is 22.7 Å². The van der Waals surface area contributed by atoms with E-state index in [4.69, 9.17) is 23.2 Å². The Morgan fingerprint density at radius 2 is 1.89 bits per heavy atom. The van der Waals surface area contributed by atoms with Crippen molar-refractivity contribution < 1.29 is 0 Å². The predicted octanol–water partition coefficient (Wildman–Crippen LogP) is 4.91. The van der Waals surface area contributed by atoms with E-state index < -0.39 is 0 Å². The molecule has 2 aromatic rings. The molecule has 18 heavy (non-hydrogen) atoms. The van der Waals surface area contributed by atoms with Gasteiger partial charge >= 0.3 is 0 Å². The van der Waals surface area contributed by atoms with Crippen molar-refractivity contribution in [1.82, 2.24) is 9.97 Å². The Morgan fingerprint density at radius 3 is 2.56 bits per heavy atom. The van der Waals surface area contributed by atoms with E-state index >= 15 is 0 Å². The molecule has 0 radical (unpaired) electrons. The molecule has 6 heteroatoms. The fourth-order valence-corrected chi connectivity index (χ4v) is 2.07. The second kappa shape index (κ2) is 5.43. The van der Waals surface area contributed by atoms with Gasteiger partial charge in [-0.25, -0.2) is 9.97 Å². The van der Waals surface area contributed by atoms with Crippen molar-refractivity contribution in [3.05, 3.63) is 44.2 Å². The summed E-state index contributed by atoms with van der Waals surface area (Å²) in [4.78, 5) is 8.41. The molecule has 0 atom stereocenters. The summed E-state index contributed by atoms with van der Waals surface area (Å²) in [6, 6.07) is 5.59. The summed E-state index contributed by atoms with van der Waals surface area (Å²) in [5.41, 5.74) is 1.65. The normalized spacial score (nSPS) is 10.5. The van der Waals surface area contributed by atoms with Crippen LogP contribution in [0.1, 0.15) is 11.4 Å². The van der Waals surface area contributed by atoms with Gasteiger partial charge in [-0.2, -0.15) is 0 Å². The minimum Gasteiger partial charge on any atom is -0.340 e. The first kappa shape index (κ1) is 13.6. The number of benzene rings is 1. The predicted molar refractivity (Wildman–Crippen MR) is 79.0 cm³/mol. The Bertz CT molecular complexity index is 602. The van der Waals surface area contributed by atoms with Crippen molar-refractivity contribution in [2.75, 3.05) is 5.32 Å². The van der Waals surface area contributed by atoms with Gasteiger partial charge in [-0.15, -0.1) is 0 Å². The molecule has 0 saturated heterocycles. The second-order valence-corrected chi connectivity index (χ2v) is 5.41. The van der Waals surface area contributed by atoms with Gasteiger partial charge in [0.05, 0.1) is 5.02 Å². The van der Waals surface area contributed by atoms with Gasteiger partial charge in [-0.3, -0.25) is 0 Å². The van der Waals surface area contributed by atoms with E-state index in [0.29, 0.717) is 21.8 Å². The molecule has 1 N–H and O–H groups in total. The number of anilines is 2. The van der Waals surface area contributed by atoms with E-state index in [-0.39, 0.29) is 0 Å². The average Bonchev–Trinajstić information content (AvgIpc) is 2.30. The van der Waals surface area contributed by atoms with Crippen LogP contribution in [-0.4, -0.2) is 9.97 Å². The lowest BCUT2D eigenvalue weighted by molar-refractivity contribution is 1.04. The summed E-state index contributed by atoms with van der Waals surface area (Å²) < 4.78 is 0.850. The SMILES string of the molecule is Cc1nc(Cl)c(C)c(Nc2ccc(Br)c(Cl)c2)n1. The van der Waals surface area contributed by atoms with Crippen LogP contribution in [0.4, 0.5) is 11.5 Å². The molecule has 0 aliphatic carbocycles. The summed E-state index contributed by atoms with van der Waals surface area (Å²) in [5, 5.41) is 4.27. The lowest BCUT2D eigenvalue weighted by Gasteiger charge is -2.10. The molecule has 0 bridgehead atoms. The van der Waals surface area contributed by atoms with Crippen LogP contribution in [-0.2, 0) is 0 Å². The Balaban J connectivity index is 2.36. The van der Waals surface area contributed by atoms with E-state index in [1.54, 1.807) is 6.92 Å². The molecule has 1 aromatic heterocycles. The summed E-state index contributed by atoms with van der Waals surface area (Å²) in [5.74, 6) is 1.31. The van der Waals surface area contributed by atoms with Gasteiger partial charge in [0.1, 0.15) is 16.8 Å². The molecule has 0 aliphatic heterocycles. The van der Waals surface area contributed by atoms with Gasteiger partial charge in [-0.05, 0) is 48.0 Å². The number of nitrogens with one attached hydrogen (secondary N) is 1. The zero-order valence-electron chi connectivity index (χ0n) is 9.76. The van der Waals surface area contributed by atoms with Crippen molar-refractivity contribution in [3.8, 4) is 0 Å². The molecule has 2 rings (SSSR count). The molecule has 0 spiro atoms. The molecular formula is C12H10BrCl2N3. The molecule has 0 fully saturated rings. The number of hydrogen-bond acceptors (Lipinski definition) is 3. The second-order valence-electron chi connectivity index (χ2n) is 3.79. The van der Waals surface area contributed by atoms with E-state index in [9.17, 15) is 0 Å². The van der Waals surface area contributed by atoms with Crippen LogP contribution in [0.2, 0.25) is 10.2 Å². The van der Waals surface area contributed by atoms with Crippen molar-refractivity contribution in [2.45, 2.75) is 13.8 Å². The Kier molecular flexibility index (Phi) is 4.10. The van der Waals surface area contributed by atoms with Gasteiger partial charge in [0.15, 0.2) is 0 Å². The number of aryl methyl sites for hydroxylation is 1. The first-order valence-electron chi connectivity index (χ1n) is 5.20. The van der Waals surface area contributed by atoms with Crippen molar-refractivity contribution >= 4 is 50.6 Å². The fourth-order valence-electron chi connectivity index (χ4n) is 1.43. The van der Waals surface area contributed by atoms with Crippen LogP contribution in [0.3, 0.4) is 0 Å². The number of rotatable bonds is 2. The van der Waals surface area contributed by atoms with Gasteiger partial charge in [-0.1, -0.05) is 23.2 Å². The topological polar surface area (TPSA) is 37.8 Å². The van der Waals surface area contributed by atoms with Crippen molar-refractivity contribution in [2.24, 2.45) is 0 Å². The summed E-state index contributed by atoms with van der Waals surface area (Å²) in [7, 11) is 0. The first-order chi connectivity index (χ1) is 8.47. The minimum absolute atomic E-state index is 0.452. The van der Waals surface area contributed by atoms with Crippen molar-refractivity contribution in [3.63, 3.8) is 0 Å². The number of aromatic nitrogens is 2. The van der Waals surface area contributed by atoms with Crippen LogP contribution in [0, 0.1) is 13.8 Å². The van der Waals surface area contributed by atoms with Gasteiger partial charge < -0.3 is 5.32 Å². The molecule has 0 unspecified atom stereocenters. The monoisotopic (exact) mass is 345 g/mol. The third-order valence-corrected chi connectivity index (χ3v) is 3.98. The van der Waals surface area contributed by atoms with Gasteiger partial charge in [0, 0.05) is 15.7 Å². The van der Waals surface area contributed by atoms with Crippen LogP contribution < -0.4 is 5.32 Å². The number of nitrogens with zero attached hydrogens (tertiary/aromatic N) is 2. The highest BCUT2D eigenvalue weighted by Gasteiger charge is 2.08. The molecular weight excluding hydrogens is 337 g/mol. The lowest BCUT2D eigenvalue weighted by atomic mass is 10.3. The highest BCUT2D eigenvalue weighted by molar-refractivity contribution is 9.10. The van der Waals surface area contributed by atoms with Gasteiger partial charge in [0.2, 0.25) is 0 Å².